The summed E-state index contributed by atoms with van der Waals surface area (Å²) in [5.74, 6) is 1.61. The van der Waals surface area contributed by atoms with Crippen LogP contribution in [0.2, 0.25) is 0 Å². The first-order valence-corrected chi connectivity index (χ1v) is 16.4. The SMILES string of the molecule is CCN(CC)C(=O)C1=C(C)N=c2s/c(=C/c3ccc(OCc4ccccc4)c(OC)c3)c(=O)n2[C@H]1c1c(OC)ccc2ccccc12. The highest BCUT2D eigenvalue weighted by molar-refractivity contribution is 7.07. The van der Waals surface area contributed by atoms with E-state index in [1.165, 1.54) is 11.3 Å². The number of carbonyl (C=O) groups is 1. The van der Waals surface area contributed by atoms with Gasteiger partial charge in [-0.3, -0.25) is 14.2 Å². The molecule has 0 radical (unpaired) electrons. The Bertz CT molecular complexity index is 2160. The van der Waals surface area contributed by atoms with E-state index < -0.39 is 6.04 Å². The number of thiazole rings is 1. The van der Waals surface area contributed by atoms with Crippen LogP contribution in [0.15, 0.2) is 106 Å². The number of methoxy groups -OCH3 is 2. The zero-order chi connectivity index (χ0) is 33.1. The Morgan fingerprint density at radius 2 is 1.62 bits per heavy atom. The van der Waals surface area contributed by atoms with Crippen molar-refractivity contribution in [3.05, 3.63) is 133 Å². The van der Waals surface area contributed by atoms with Crippen molar-refractivity contribution in [2.24, 2.45) is 4.99 Å². The van der Waals surface area contributed by atoms with Gasteiger partial charge in [-0.15, -0.1) is 0 Å². The molecule has 4 aromatic carbocycles. The molecular formula is C38H37N3O5S. The molecule has 2 heterocycles. The third kappa shape index (κ3) is 6.06. The molecule has 0 aliphatic carbocycles. The van der Waals surface area contributed by atoms with Gasteiger partial charge in [-0.1, -0.05) is 78.1 Å². The molecule has 1 aliphatic rings. The molecule has 0 N–H and O–H groups in total. The first-order chi connectivity index (χ1) is 22.9. The summed E-state index contributed by atoms with van der Waals surface area (Å²) >= 11 is 1.29. The van der Waals surface area contributed by atoms with Gasteiger partial charge in [0.15, 0.2) is 16.3 Å². The van der Waals surface area contributed by atoms with Crippen molar-refractivity contribution >= 4 is 34.1 Å². The topological polar surface area (TPSA) is 82.4 Å². The molecule has 0 fully saturated rings. The van der Waals surface area contributed by atoms with Crippen LogP contribution in [0.1, 0.15) is 43.5 Å². The number of rotatable bonds is 10. The van der Waals surface area contributed by atoms with Crippen LogP contribution >= 0.6 is 11.3 Å². The summed E-state index contributed by atoms with van der Waals surface area (Å²) in [6.45, 7) is 7.21. The Morgan fingerprint density at radius 3 is 2.34 bits per heavy atom. The molecule has 9 heteroatoms. The van der Waals surface area contributed by atoms with Crippen molar-refractivity contribution < 1.29 is 19.0 Å². The van der Waals surface area contributed by atoms with Crippen molar-refractivity contribution in [3.8, 4) is 17.2 Å². The van der Waals surface area contributed by atoms with Gasteiger partial charge in [-0.25, -0.2) is 4.99 Å². The quantitative estimate of drug-likeness (QED) is 0.190. The maximum absolute atomic E-state index is 14.4. The third-order valence-electron chi connectivity index (χ3n) is 8.45. The van der Waals surface area contributed by atoms with Gasteiger partial charge in [-0.05, 0) is 66.9 Å². The van der Waals surface area contributed by atoms with Crippen LogP contribution in [0.4, 0.5) is 0 Å². The van der Waals surface area contributed by atoms with Crippen LogP contribution < -0.4 is 29.1 Å². The lowest BCUT2D eigenvalue weighted by molar-refractivity contribution is -0.127. The second kappa shape index (κ2) is 13.7. The van der Waals surface area contributed by atoms with Gasteiger partial charge in [0, 0.05) is 18.7 Å². The highest BCUT2D eigenvalue weighted by Crippen LogP contribution is 2.40. The number of hydrogen-bond acceptors (Lipinski definition) is 7. The number of nitrogens with zero attached hydrogens (tertiary/aromatic N) is 3. The fourth-order valence-electron chi connectivity index (χ4n) is 6.06. The molecule has 0 unspecified atom stereocenters. The van der Waals surface area contributed by atoms with Crippen LogP contribution in [0.5, 0.6) is 17.2 Å². The van der Waals surface area contributed by atoms with E-state index in [0.717, 1.165) is 27.5 Å². The van der Waals surface area contributed by atoms with Gasteiger partial charge < -0.3 is 19.1 Å². The van der Waals surface area contributed by atoms with Crippen LogP contribution in [-0.4, -0.2) is 42.7 Å². The van der Waals surface area contributed by atoms with E-state index in [4.69, 9.17) is 19.2 Å². The van der Waals surface area contributed by atoms with Crippen molar-refractivity contribution in [1.82, 2.24) is 9.47 Å². The standard InChI is InChI=1S/C38H37N3O5S/c1-6-40(7-2)37(43)33-24(3)39-38-41(35(33)34-28-16-12-11-15-27(28)18-20-30(34)44-4)36(42)32(47-38)22-26-17-19-29(31(21-26)45-5)46-23-25-13-9-8-10-14-25/h8-22,35H,6-7,23H2,1-5H3/b32-22+/t35-/m1/s1. The summed E-state index contributed by atoms with van der Waals surface area (Å²) in [5.41, 5.74) is 3.37. The zero-order valence-electron chi connectivity index (χ0n) is 27.2. The number of benzene rings is 4. The molecule has 47 heavy (non-hydrogen) atoms. The fraction of sp³-hybridized carbons (Fsp3) is 0.237. The number of ether oxygens (including phenoxy) is 3. The number of allylic oxidation sites excluding steroid dienone is 1. The monoisotopic (exact) mass is 647 g/mol. The van der Waals surface area contributed by atoms with E-state index in [-0.39, 0.29) is 11.5 Å². The van der Waals surface area contributed by atoms with E-state index in [9.17, 15) is 9.59 Å². The van der Waals surface area contributed by atoms with E-state index in [2.05, 4.69) is 0 Å². The van der Waals surface area contributed by atoms with Gasteiger partial charge in [0.25, 0.3) is 11.5 Å². The lowest BCUT2D eigenvalue weighted by Gasteiger charge is -2.30. The Balaban J connectivity index is 1.50. The summed E-state index contributed by atoms with van der Waals surface area (Å²) in [4.78, 5) is 35.7. The third-order valence-corrected chi connectivity index (χ3v) is 9.43. The summed E-state index contributed by atoms with van der Waals surface area (Å²) in [6, 6.07) is 26.6. The molecule has 0 spiro atoms. The smallest absolute Gasteiger partial charge is 0.271 e. The Kier molecular flexibility index (Phi) is 9.26. The van der Waals surface area contributed by atoms with Crippen molar-refractivity contribution in [2.45, 2.75) is 33.4 Å². The summed E-state index contributed by atoms with van der Waals surface area (Å²) in [5, 5.41) is 1.89. The van der Waals surface area contributed by atoms with Crippen LogP contribution in [0, 0.1) is 0 Å². The minimum atomic E-state index is -0.745. The second-order valence-electron chi connectivity index (χ2n) is 11.1. The lowest BCUT2D eigenvalue weighted by atomic mass is 9.90. The van der Waals surface area contributed by atoms with Crippen LogP contribution in [-0.2, 0) is 11.4 Å². The van der Waals surface area contributed by atoms with E-state index in [0.29, 0.717) is 57.5 Å². The lowest BCUT2D eigenvalue weighted by Crippen LogP contribution is -2.43. The second-order valence-corrected chi connectivity index (χ2v) is 12.2. The maximum atomic E-state index is 14.4. The van der Waals surface area contributed by atoms with Crippen molar-refractivity contribution in [2.75, 3.05) is 27.3 Å². The number of amides is 1. The predicted molar refractivity (Wildman–Crippen MR) is 186 cm³/mol. The number of aromatic nitrogens is 1. The summed E-state index contributed by atoms with van der Waals surface area (Å²) < 4.78 is 19.7. The van der Waals surface area contributed by atoms with Gasteiger partial charge in [0.1, 0.15) is 18.4 Å². The summed E-state index contributed by atoms with van der Waals surface area (Å²) in [6.07, 6.45) is 1.83. The van der Waals surface area contributed by atoms with E-state index in [1.807, 2.05) is 112 Å². The van der Waals surface area contributed by atoms with Crippen LogP contribution in [0.3, 0.4) is 0 Å². The highest BCUT2D eigenvalue weighted by atomic mass is 32.1. The molecule has 8 nitrogen and oxygen atoms in total. The van der Waals surface area contributed by atoms with Gasteiger partial charge in [0.2, 0.25) is 0 Å². The molecule has 0 saturated heterocycles. The number of hydrogen-bond donors (Lipinski definition) is 0. The maximum Gasteiger partial charge on any atom is 0.271 e. The van der Waals surface area contributed by atoms with Gasteiger partial charge in [-0.2, -0.15) is 0 Å². The highest BCUT2D eigenvalue weighted by Gasteiger charge is 2.36. The first-order valence-electron chi connectivity index (χ1n) is 15.6. The van der Waals surface area contributed by atoms with Crippen LogP contribution in [0.25, 0.3) is 16.8 Å². The largest absolute Gasteiger partial charge is 0.496 e. The molecule has 240 valence electrons. The fourth-order valence-corrected chi connectivity index (χ4v) is 7.11. The molecule has 1 amide bonds. The molecule has 1 aromatic heterocycles. The molecule has 0 saturated carbocycles. The average molecular weight is 648 g/mol. The molecular weight excluding hydrogens is 611 g/mol. The summed E-state index contributed by atoms with van der Waals surface area (Å²) in [7, 11) is 3.21. The van der Waals surface area contributed by atoms with Crippen molar-refractivity contribution in [3.63, 3.8) is 0 Å². The number of carbonyl (C=O) groups excluding carboxylic acids is 1. The Morgan fingerprint density at radius 1 is 0.915 bits per heavy atom. The Hall–Kier alpha value is -5.15. The minimum absolute atomic E-state index is 0.152. The van der Waals surface area contributed by atoms with E-state index >= 15 is 0 Å². The zero-order valence-corrected chi connectivity index (χ0v) is 28.0. The first kappa shape index (κ1) is 31.8. The van der Waals surface area contributed by atoms with Gasteiger partial charge >= 0.3 is 0 Å². The Labute approximate surface area is 277 Å². The molecule has 1 atom stereocenters. The molecule has 1 aliphatic heterocycles. The normalized spacial score (nSPS) is 14.5. The van der Waals surface area contributed by atoms with Gasteiger partial charge in [0.05, 0.1) is 30.0 Å². The number of fused-ring (bicyclic) bond motifs is 2. The average Bonchev–Trinajstić information content (AvgIpc) is 3.40. The number of likely N-dealkylation sites (N-methyl/N-ethyl adjacent to an activating group) is 1. The molecule has 5 aromatic rings. The minimum Gasteiger partial charge on any atom is -0.496 e. The predicted octanol–water partition coefficient (Wildman–Crippen LogP) is 5.85. The molecule has 0 bridgehead atoms. The van der Waals surface area contributed by atoms with Crippen molar-refractivity contribution in [1.29, 1.82) is 0 Å². The molecule has 6 rings (SSSR count). The van der Waals surface area contributed by atoms with E-state index in [1.54, 1.807) is 23.7 Å².